The molecule has 98 valence electrons. The Kier molecular flexibility index (Phi) is 2.46. The molecule has 1 saturated carbocycles. The van der Waals surface area contributed by atoms with Crippen molar-refractivity contribution in [2.75, 3.05) is 20.1 Å². The number of benzene rings is 2. The molecule has 0 radical (unpaired) electrons. The van der Waals surface area contributed by atoms with Crippen molar-refractivity contribution in [2.45, 2.75) is 24.7 Å². The van der Waals surface area contributed by atoms with Crippen molar-refractivity contribution in [3.8, 4) is 0 Å². The summed E-state index contributed by atoms with van der Waals surface area (Å²) in [7, 11) is 2.28. The van der Waals surface area contributed by atoms with E-state index in [1.807, 2.05) is 0 Å². The highest BCUT2D eigenvalue weighted by Crippen LogP contribution is 2.50. The number of fused-ring (bicyclic) bond motifs is 2. The van der Waals surface area contributed by atoms with E-state index in [4.69, 9.17) is 0 Å². The molecule has 0 bridgehead atoms. The molecule has 2 aliphatic rings. The molecular formula is C18H21N. The van der Waals surface area contributed by atoms with Crippen LogP contribution in [-0.4, -0.2) is 25.0 Å². The Balaban J connectivity index is 1.85. The van der Waals surface area contributed by atoms with Crippen LogP contribution in [0.4, 0.5) is 0 Å². The Hall–Kier alpha value is -1.34. The maximum atomic E-state index is 2.53. The fraction of sp³-hybridized carbons (Fsp3) is 0.444. The summed E-state index contributed by atoms with van der Waals surface area (Å²) in [6.45, 7) is 2.53. The molecule has 1 aliphatic carbocycles. The van der Waals surface area contributed by atoms with Crippen LogP contribution in [-0.2, 0) is 5.41 Å². The first-order chi connectivity index (χ1) is 9.28. The van der Waals surface area contributed by atoms with Crippen LogP contribution in [0.5, 0.6) is 0 Å². The third-order valence-electron chi connectivity index (χ3n) is 5.37. The van der Waals surface area contributed by atoms with E-state index in [0.29, 0.717) is 5.41 Å². The maximum absolute atomic E-state index is 2.53. The Morgan fingerprint density at radius 1 is 1.11 bits per heavy atom. The Morgan fingerprint density at radius 2 is 1.95 bits per heavy atom. The fourth-order valence-electron chi connectivity index (χ4n) is 4.51. The average molecular weight is 251 g/mol. The van der Waals surface area contributed by atoms with E-state index < -0.39 is 0 Å². The first-order valence-electron chi connectivity index (χ1n) is 7.46. The van der Waals surface area contributed by atoms with Crippen LogP contribution in [0.15, 0.2) is 42.5 Å². The summed E-state index contributed by atoms with van der Waals surface area (Å²) < 4.78 is 0. The van der Waals surface area contributed by atoms with Gasteiger partial charge in [-0.25, -0.2) is 0 Å². The van der Waals surface area contributed by atoms with Gasteiger partial charge in [-0.15, -0.1) is 0 Å². The van der Waals surface area contributed by atoms with Crippen LogP contribution < -0.4 is 0 Å². The third kappa shape index (κ3) is 1.64. The predicted octanol–water partition coefficient (Wildman–Crippen LogP) is 3.82. The van der Waals surface area contributed by atoms with E-state index >= 15 is 0 Å². The normalized spacial score (nSPS) is 30.9. The van der Waals surface area contributed by atoms with Gasteiger partial charge in [-0.1, -0.05) is 48.9 Å². The van der Waals surface area contributed by atoms with Crippen LogP contribution >= 0.6 is 0 Å². The largest absolute Gasteiger partial charge is 0.305 e. The molecule has 2 aromatic carbocycles. The van der Waals surface area contributed by atoms with Gasteiger partial charge in [0.05, 0.1) is 0 Å². The van der Waals surface area contributed by atoms with Crippen LogP contribution in [0.1, 0.15) is 24.8 Å². The highest BCUT2D eigenvalue weighted by atomic mass is 15.1. The van der Waals surface area contributed by atoms with E-state index in [-0.39, 0.29) is 0 Å². The minimum atomic E-state index is 0.443. The zero-order valence-corrected chi connectivity index (χ0v) is 11.6. The van der Waals surface area contributed by atoms with Gasteiger partial charge in [-0.2, -0.15) is 0 Å². The quantitative estimate of drug-likeness (QED) is 0.744. The van der Waals surface area contributed by atoms with Crippen LogP contribution in [0, 0.1) is 5.92 Å². The van der Waals surface area contributed by atoms with Crippen molar-refractivity contribution in [1.29, 1.82) is 0 Å². The second-order valence-electron chi connectivity index (χ2n) is 6.50. The summed E-state index contributed by atoms with van der Waals surface area (Å²) in [6, 6.07) is 15.9. The molecule has 0 amide bonds. The first-order valence-corrected chi connectivity index (χ1v) is 7.46. The molecule has 2 aromatic rings. The molecule has 2 fully saturated rings. The SMILES string of the molecule is CN1C[C@H]2CCC[C@@]2(c2ccc3ccccc3c2)C1. The van der Waals surface area contributed by atoms with E-state index in [1.54, 1.807) is 5.56 Å². The standard InChI is InChI=1S/C18H21N/c1-19-12-17-7-4-10-18(17,13-19)16-9-8-14-5-2-3-6-15(14)11-16/h2-3,5-6,8-9,11,17H,4,7,10,12-13H2,1H3/t17-,18+/m1/s1. The molecule has 4 rings (SSSR count). The van der Waals surface area contributed by atoms with Crippen LogP contribution in [0.3, 0.4) is 0 Å². The molecule has 1 heterocycles. The van der Waals surface area contributed by atoms with Crippen molar-refractivity contribution in [1.82, 2.24) is 4.90 Å². The Bertz CT molecular complexity index is 618. The molecule has 0 spiro atoms. The third-order valence-corrected chi connectivity index (χ3v) is 5.37. The highest BCUT2D eigenvalue weighted by Gasteiger charge is 2.49. The zero-order valence-electron chi connectivity index (χ0n) is 11.6. The van der Waals surface area contributed by atoms with Gasteiger partial charge in [0.1, 0.15) is 0 Å². The smallest absolute Gasteiger partial charge is 0.0121 e. The minimum absolute atomic E-state index is 0.443. The lowest BCUT2D eigenvalue weighted by Gasteiger charge is -2.30. The molecule has 1 saturated heterocycles. The van der Waals surface area contributed by atoms with Crippen molar-refractivity contribution in [3.05, 3.63) is 48.0 Å². The molecule has 1 heteroatoms. The molecule has 0 N–H and O–H groups in total. The van der Waals surface area contributed by atoms with Crippen molar-refractivity contribution in [2.24, 2.45) is 5.92 Å². The van der Waals surface area contributed by atoms with Gasteiger partial charge in [-0.05, 0) is 42.1 Å². The van der Waals surface area contributed by atoms with Gasteiger partial charge in [0.15, 0.2) is 0 Å². The number of likely N-dealkylation sites (tertiary alicyclic amines) is 1. The number of nitrogens with zero attached hydrogens (tertiary/aromatic N) is 1. The topological polar surface area (TPSA) is 3.24 Å². The molecule has 1 nitrogen and oxygen atoms in total. The van der Waals surface area contributed by atoms with Crippen LogP contribution in [0.25, 0.3) is 10.8 Å². The lowest BCUT2D eigenvalue weighted by atomic mass is 9.74. The number of likely N-dealkylation sites (N-methyl/N-ethyl adjacent to an activating group) is 1. The van der Waals surface area contributed by atoms with Gasteiger partial charge in [0.25, 0.3) is 0 Å². The van der Waals surface area contributed by atoms with Crippen molar-refractivity contribution >= 4 is 10.8 Å². The van der Waals surface area contributed by atoms with Crippen molar-refractivity contribution < 1.29 is 0 Å². The molecule has 0 unspecified atom stereocenters. The van der Waals surface area contributed by atoms with E-state index in [2.05, 4.69) is 54.4 Å². The summed E-state index contributed by atoms with van der Waals surface area (Å²) >= 11 is 0. The Labute approximate surface area is 115 Å². The first kappa shape index (κ1) is 11.5. The number of hydrogen-bond acceptors (Lipinski definition) is 1. The number of hydrogen-bond donors (Lipinski definition) is 0. The summed E-state index contributed by atoms with van der Waals surface area (Å²) in [5.41, 5.74) is 2.02. The molecule has 1 aliphatic heterocycles. The average Bonchev–Trinajstić information content (AvgIpc) is 2.95. The lowest BCUT2D eigenvalue weighted by Crippen LogP contribution is -2.31. The van der Waals surface area contributed by atoms with E-state index in [9.17, 15) is 0 Å². The van der Waals surface area contributed by atoms with E-state index in [1.165, 1.54) is 43.1 Å². The van der Waals surface area contributed by atoms with Gasteiger partial charge >= 0.3 is 0 Å². The molecular weight excluding hydrogens is 230 g/mol. The van der Waals surface area contributed by atoms with Gasteiger partial charge < -0.3 is 4.90 Å². The fourth-order valence-corrected chi connectivity index (χ4v) is 4.51. The summed E-state index contributed by atoms with van der Waals surface area (Å²) in [6.07, 6.45) is 4.20. The summed E-state index contributed by atoms with van der Waals surface area (Å²) in [4.78, 5) is 2.53. The van der Waals surface area contributed by atoms with Gasteiger partial charge in [0.2, 0.25) is 0 Å². The Morgan fingerprint density at radius 3 is 2.84 bits per heavy atom. The van der Waals surface area contributed by atoms with Gasteiger partial charge in [-0.3, -0.25) is 0 Å². The molecule has 0 aromatic heterocycles. The maximum Gasteiger partial charge on any atom is 0.0121 e. The second-order valence-corrected chi connectivity index (χ2v) is 6.50. The molecule has 2 atom stereocenters. The lowest BCUT2D eigenvalue weighted by molar-refractivity contribution is 0.360. The number of rotatable bonds is 1. The van der Waals surface area contributed by atoms with Crippen LogP contribution in [0.2, 0.25) is 0 Å². The summed E-state index contributed by atoms with van der Waals surface area (Å²) in [5.74, 6) is 0.874. The zero-order chi connectivity index (χ0) is 12.9. The van der Waals surface area contributed by atoms with E-state index in [0.717, 1.165) is 5.92 Å². The molecule has 19 heavy (non-hydrogen) atoms. The monoisotopic (exact) mass is 251 g/mol. The summed E-state index contributed by atoms with van der Waals surface area (Å²) in [5, 5.41) is 2.76. The van der Waals surface area contributed by atoms with Gasteiger partial charge in [0, 0.05) is 18.5 Å². The second kappa shape index (κ2) is 4.08. The predicted molar refractivity (Wildman–Crippen MR) is 80.5 cm³/mol. The van der Waals surface area contributed by atoms with Crippen molar-refractivity contribution in [3.63, 3.8) is 0 Å². The highest BCUT2D eigenvalue weighted by molar-refractivity contribution is 5.83. The minimum Gasteiger partial charge on any atom is -0.305 e.